The van der Waals surface area contributed by atoms with Crippen LogP contribution in [0.3, 0.4) is 0 Å². The van der Waals surface area contributed by atoms with Gasteiger partial charge >= 0.3 is 0 Å². The Hall–Kier alpha value is -3.84. The second-order valence-corrected chi connectivity index (χ2v) is 8.73. The molecule has 0 radical (unpaired) electrons. The highest BCUT2D eigenvalue weighted by Crippen LogP contribution is 2.37. The molecule has 6 nitrogen and oxygen atoms in total. The Morgan fingerprint density at radius 2 is 1.80 bits per heavy atom. The maximum atomic E-state index is 12.5. The highest BCUT2D eigenvalue weighted by molar-refractivity contribution is 9.10. The van der Waals surface area contributed by atoms with Crippen molar-refractivity contribution in [2.75, 3.05) is 6.61 Å². The Morgan fingerprint density at radius 3 is 2.51 bits per heavy atom. The zero-order chi connectivity index (χ0) is 24.6. The van der Waals surface area contributed by atoms with Gasteiger partial charge < -0.3 is 14.0 Å². The number of hydrogen-bond acceptors (Lipinski definition) is 4. The van der Waals surface area contributed by atoms with Crippen molar-refractivity contribution in [3.63, 3.8) is 0 Å². The Morgan fingerprint density at radius 1 is 1.03 bits per heavy atom. The third-order valence-corrected chi connectivity index (χ3v) is 5.80. The van der Waals surface area contributed by atoms with E-state index in [-0.39, 0.29) is 5.91 Å². The van der Waals surface area contributed by atoms with Gasteiger partial charge in [-0.05, 0) is 89.4 Å². The van der Waals surface area contributed by atoms with Crippen LogP contribution >= 0.6 is 15.9 Å². The normalized spacial score (nSPS) is 10.9. The van der Waals surface area contributed by atoms with Crippen LogP contribution in [0.2, 0.25) is 0 Å². The molecule has 0 aliphatic rings. The maximum absolute atomic E-state index is 12.5. The van der Waals surface area contributed by atoms with Gasteiger partial charge in [-0.2, -0.15) is 5.10 Å². The number of nitrogens with one attached hydrogen (secondary N) is 1. The number of rotatable bonds is 9. The summed E-state index contributed by atoms with van der Waals surface area (Å²) in [5, 5.41) is 4.12. The largest absolute Gasteiger partial charge is 0.490 e. The smallest absolute Gasteiger partial charge is 0.271 e. The van der Waals surface area contributed by atoms with Crippen molar-refractivity contribution in [1.82, 2.24) is 9.99 Å². The van der Waals surface area contributed by atoms with Gasteiger partial charge in [0.1, 0.15) is 6.61 Å². The molecule has 0 atom stereocenters. The van der Waals surface area contributed by atoms with Gasteiger partial charge in [-0.15, -0.1) is 0 Å². The highest BCUT2D eigenvalue weighted by atomic mass is 79.9. The van der Waals surface area contributed by atoms with Crippen molar-refractivity contribution in [3.8, 4) is 17.2 Å². The Balaban J connectivity index is 1.42. The molecule has 3 aromatic carbocycles. The van der Waals surface area contributed by atoms with Crippen LogP contribution in [0.1, 0.15) is 34.0 Å². The molecule has 4 aromatic rings. The standard InChI is InChI=1S/C28H26BrN3O3/c1-3-34-26-17-22(16-25(29)27(26)35-19-21-8-6-7-20(2)15-21)18-30-31-28(33)23-9-11-24(12-10-23)32-13-4-5-14-32/h4-18H,3,19H2,1-2H3,(H,31,33)/b30-18+. The van der Waals surface area contributed by atoms with E-state index >= 15 is 0 Å². The summed E-state index contributed by atoms with van der Waals surface area (Å²) in [4.78, 5) is 12.5. The molecule has 0 aliphatic heterocycles. The minimum Gasteiger partial charge on any atom is -0.490 e. The Bertz CT molecular complexity index is 1320. The van der Waals surface area contributed by atoms with E-state index in [1.54, 1.807) is 18.3 Å². The van der Waals surface area contributed by atoms with Crippen LogP contribution < -0.4 is 14.9 Å². The first-order chi connectivity index (χ1) is 17.0. The summed E-state index contributed by atoms with van der Waals surface area (Å²) in [6.07, 6.45) is 5.48. The molecule has 7 heteroatoms. The summed E-state index contributed by atoms with van der Waals surface area (Å²) in [6.45, 7) is 4.88. The van der Waals surface area contributed by atoms with Gasteiger partial charge in [0.2, 0.25) is 0 Å². The molecule has 4 rings (SSSR count). The molecule has 1 heterocycles. The number of hydrogen-bond donors (Lipinski definition) is 1. The third kappa shape index (κ3) is 6.39. The predicted molar refractivity (Wildman–Crippen MR) is 142 cm³/mol. The van der Waals surface area contributed by atoms with Crippen molar-refractivity contribution in [2.24, 2.45) is 5.10 Å². The quantitative estimate of drug-likeness (QED) is 0.204. The molecule has 1 aromatic heterocycles. The van der Waals surface area contributed by atoms with E-state index < -0.39 is 0 Å². The predicted octanol–water partition coefficient (Wildman–Crippen LogP) is 6.29. The topological polar surface area (TPSA) is 64.8 Å². The molecule has 0 unspecified atom stereocenters. The van der Waals surface area contributed by atoms with Gasteiger partial charge in [0.25, 0.3) is 5.91 Å². The second-order valence-electron chi connectivity index (χ2n) is 7.88. The van der Waals surface area contributed by atoms with E-state index in [4.69, 9.17) is 9.47 Å². The number of benzene rings is 3. The number of aryl methyl sites for hydroxylation is 1. The fraction of sp³-hybridized carbons (Fsp3) is 0.143. The lowest BCUT2D eigenvalue weighted by molar-refractivity contribution is 0.0955. The molecule has 1 N–H and O–H groups in total. The lowest BCUT2D eigenvalue weighted by Crippen LogP contribution is -2.17. The minimum atomic E-state index is -0.289. The molecule has 35 heavy (non-hydrogen) atoms. The fourth-order valence-corrected chi connectivity index (χ4v) is 4.12. The van der Waals surface area contributed by atoms with Crippen LogP contribution in [0.15, 0.2) is 94.8 Å². The van der Waals surface area contributed by atoms with E-state index in [0.29, 0.717) is 30.3 Å². The summed E-state index contributed by atoms with van der Waals surface area (Å²) >= 11 is 3.58. The number of carbonyl (C=O) groups excluding carboxylic acids is 1. The van der Waals surface area contributed by atoms with Crippen molar-refractivity contribution in [2.45, 2.75) is 20.5 Å². The van der Waals surface area contributed by atoms with Crippen LogP contribution in [0.5, 0.6) is 11.5 Å². The monoisotopic (exact) mass is 531 g/mol. The van der Waals surface area contributed by atoms with Crippen molar-refractivity contribution >= 4 is 28.1 Å². The van der Waals surface area contributed by atoms with E-state index in [1.165, 1.54) is 5.56 Å². The first kappa shape index (κ1) is 24.3. The Labute approximate surface area is 213 Å². The summed E-state index contributed by atoms with van der Waals surface area (Å²) in [7, 11) is 0. The van der Waals surface area contributed by atoms with Gasteiger partial charge in [-0.1, -0.05) is 29.8 Å². The first-order valence-corrected chi connectivity index (χ1v) is 12.0. The highest BCUT2D eigenvalue weighted by Gasteiger charge is 2.13. The number of carbonyl (C=O) groups is 1. The average molecular weight is 532 g/mol. The fourth-order valence-electron chi connectivity index (χ4n) is 3.54. The lowest BCUT2D eigenvalue weighted by atomic mass is 10.1. The maximum Gasteiger partial charge on any atom is 0.271 e. The van der Waals surface area contributed by atoms with Crippen LogP contribution in [0, 0.1) is 6.92 Å². The zero-order valence-corrected chi connectivity index (χ0v) is 21.2. The van der Waals surface area contributed by atoms with Gasteiger partial charge in [0.05, 0.1) is 17.3 Å². The number of hydrazone groups is 1. The molecule has 178 valence electrons. The first-order valence-electron chi connectivity index (χ1n) is 11.2. The second kappa shape index (κ2) is 11.5. The molecule has 0 bridgehead atoms. The number of halogens is 1. The molecule has 0 fully saturated rings. The minimum absolute atomic E-state index is 0.289. The third-order valence-electron chi connectivity index (χ3n) is 5.21. The van der Waals surface area contributed by atoms with Gasteiger partial charge in [-0.25, -0.2) is 5.43 Å². The molecule has 0 aliphatic carbocycles. The van der Waals surface area contributed by atoms with Crippen molar-refractivity contribution in [3.05, 3.63) is 112 Å². The molecule has 0 saturated carbocycles. The zero-order valence-electron chi connectivity index (χ0n) is 19.6. The van der Waals surface area contributed by atoms with Crippen LogP contribution in [0.4, 0.5) is 0 Å². The molecular formula is C28H26BrN3O3. The average Bonchev–Trinajstić information content (AvgIpc) is 3.39. The van der Waals surface area contributed by atoms with Gasteiger partial charge in [-0.3, -0.25) is 4.79 Å². The number of nitrogens with zero attached hydrogens (tertiary/aromatic N) is 2. The molecule has 0 saturated heterocycles. The van der Waals surface area contributed by atoms with E-state index in [9.17, 15) is 4.79 Å². The summed E-state index contributed by atoms with van der Waals surface area (Å²) in [5.74, 6) is 0.933. The van der Waals surface area contributed by atoms with Crippen LogP contribution in [-0.2, 0) is 6.61 Å². The molecule has 0 spiro atoms. The number of ether oxygens (including phenoxy) is 2. The van der Waals surface area contributed by atoms with Crippen LogP contribution in [-0.4, -0.2) is 23.3 Å². The lowest BCUT2D eigenvalue weighted by Gasteiger charge is -2.15. The summed E-state index contributed by atoms with van der Waals surface area (Å²) in [6, 6.07) is 23.1. The Kier molecular flexibility index (Phi) is 8.00. The molecule has 1 amide bonds. The van der Waals surface area contributed by atoms with E-state index in [1.807, 2.05) is 72.4 Å². The molecular weight excluding hydrogens is 506 g/mol. The SMILES string of the molecule is CCOc1cc(/C=N/NC(=O)c2ccc(-n3cccc3)cc2)cc(Br)c1OCc1cccc(C)c1. The van der Waals surface area contributed by atoms with Gasteiger partial charge in [0, 0.05) is 23.6 Å². The van der Waals surface area contributed by atoms with Crippen molar-refractivity contribution < 1.29 is 14.3 Å². The van der Waals surface area contributed by atoms with E-state index in [0.717, 1.165) is 21.3 Å². The summed E-state index contributed by atoms with van der Waals surface area (Å²) in [5.41, 5.74) is 7.09. The van der Waals surface area contributed by atoms with Gasteiger partial charge in [0.15, 0.2) is 11.5 Å². The van der Waals surface area contributed by atoms with E-state index in [2.05, 4.69) is 45.5 Å². The van der Waals surface area contributed by atoms with Crippen molar-refractivity contribution in [1.29, 1.82) is 0 Å². The summed E-state index contributed by atoms with van der Waals surface area (Å²) < 4.78 is 14.6. The number of aromatic nitrogens is 1. The number of amides is 1. The van der Waals surface area contributed by atoms with Crippen LogP contribution in [0.25, 0.3) is 5.69 Å².